The van der Waals surface area contributed by atoms with Crippen LogP contribution in [-0.2, 0) is 9.53 Å². The van der Waals surface area contributed by atoms with Crippen molar-refractivity contribution in [1.29, 1.82) is 0 Å². The summed E-state index contributed by atoms with van der Waals surface area (Å²) in [6.45, 7) is 5.43. The van der Waals surface area contributed by atoms with Gasteiger partial charge in [0, 0.05) is 11.5 Å². The van der Waals surface area contributed by atoms with Crippen molar-refractivity contribution >= 4 is 35.0 Å². The van der Waals surface area contributed by atoms with Crippen molar-refractivity contribution in [2.45, 2.75) is 32.8 Å². The van der Waals surface area contributed by atoms with Gasteiger partial charge < -0.3 is 4.74 Å². The Morgan fingerprint density at radius 3 is 2.35 bits per heavy atom. The van der Waals surface area contributed by atoms with Gasteiger partial charge >= 0.3 is 5.97 Å². The molecule has 2 rings (SSSR count). The molecule has 0 amide bonds. The molecule has 0 aromatic heterocycles. The molecule has 1 aliphatic rings. The summed E-state index contributed by atoms with van der Waals surface area (Å²) in [6, 6.07) is 4.75. The fourth-order valence-electron chi connectivity index (χ4n) is 1.99. The molecule has 0 bridgehead atoms. The van der Waals surface area contributed by atoms with Gasteiger partial charge in [-0.2, -0.15) is 0 Å². The predicted molar refractivity (Wildman–Crippen MR) is 78.2 cm³/mol. The number of ether oxygens (including phenoxy) is 1. The molecule has 0 saturated heterocycles. The maximum Gasteiger partial charge on any atom is 0.310 e. The van der Waals surface area contributed by atoms with Crippen LogP contribution in [0.5, 0.6) is 0 Å². The van der Waals surface area contributed by atoms with Gasteiger partial charge in [-0.05, 0) is 45.4 Å². The summed E-state index contributed by atoms with van der Waals surface area (Å²) < 4.78 is 5.28. The van der Waals surface area contributed by atoms with Crippen molar-refractivity contribution in [2.75, 3.05) is 0 Å². The molecule has 0 heterocycles. The van der Waals surface area contributed by atoms with Crippen molar-refractivity contribution in [1.82, 2.24) is 0 Å². The van der Waals surface area contributed by atoms with Gasteiger partial charge in [-0.1, -0.05) is 23.2 Å². The number of Topliss-reactive ketones (excluding diaryl/α,β-unsaturated/α-hetero) is 1. The van der Waals surface area contributed by atoms with E-state index in [1.54, 1.807) is 12.1 Å². The van der Waals surface area contributed by atoms with Gasteiger partial charge in [0.15, 0.2) is 5.78 Å². The first-order valence-electron chi connectivity index (χ1n) is 6.41. The highest BCUT2D eigenvalue weighted by Crippen LogP contribution is 2.43. The van der Waals surface area contributed by atoms with Crippen molar-refractivity contribution < 1.29 is 14.3 Å². The van der Waals surface area contributed by atoms with E-state index in [1.165, 1.54) is 6.07 Å². The molecule has 1 aromatic rings. The van der Waals surface area contributed by atoms with Crippen LogP contribution >= 0.6 is 23.2 Å². The minimum atomic E-state index is -0.531. The van der Waals surface area contributed by atoms with Gasteiger partial charge in [0.05, 0.1) is 16.0 Å². The normalized spacial score (nSPS) is 21.4. The van der Waals surface area contributed by atoms with Gasteiger partial charge in [-0.3, -0.25) is 9.59 Å². The molecule has 0 spiro atoms. The second-order valence-corrected chi connectivity index (χ2v) is 6.79. The van der Waals surface area contributed by atoms with E-state index in [2.05, 4.69) is 0 Å². The molecule has 0 aliphatic heterocycles. The molecule has 5 heteroatoms. The van der Waals surface area contributed by atoms with Crippen molar-refractivity contribution in [2.24, 2.45) is 11.8 Å². The third kappa shape index (κ3) is 3.53. The fourth-order valence-corrected chi connectivity index (χ4v) is 2.28. The minimum Gasteiger partial charge on any atom is -0.460 e. The van der Waals surface area contributed by atoms with E-state index in [0.717, 1.165) is 0 Å². The van der Waals surface area contributed by atoms with Crippen LogP contribution in [0, 0.1) is 11.8 Å². The number of hydrogen-bond donors (Lipinski definition) is 0. The summed E-state index contributed by atoms with van der Waals surface area (Å²) in [7, 11) is 0. The van der Waals surface area contributed by atoms with Crippen LogP contribution in [0.4, 0.5) is 0 Å². The topological polar surface area (TPSA) is 43.4 Å². The van der Waals surface area contributed by atoms with Crippen LogP contribution in [0.15, 0.2) is 18.2 Å². The zero-order valence-electron chi connectivity index (χ0n) is 11.6. The Labute approximate surface area is 128 Å². The molecule has 3 nitrogen and oxygen atoms in total. The molecule has 1 saturated carbocycles. The largest absolute Gasteiger partial charge is 0.460 e. The molecule has 0 radical (unpaired) electrons. The minimum absolute atomic E-state index is 0.0839. The molecule has 2 atom stereocenters. The van der Waals surface area contributed by atoms with Crippen molar-refractivity contribution in [3.63, 3.8) is 0 Å². The Balaban J connectivity index is 2.02. The predicted octanol–water partition coefficient (Wildman–Crippen LogP) is 4.15. The maximum absolute atomic E-state index is 12.2. The molecule has 0 unspecified atom stereocenters. The van der Waals surface area contributed by atoms with Gasteiger partial charge in [0.1, 0.15) is 5.60 Å². The number of ketones is 1. The first-order valence-corrected chi connectivity index (χ1v) is 7.17. The first-order chi connectivity index (χ1) is 9.19. The Morgan fingerprint density at radius 2 is 1.80 bits per heavy atom. The lowest BCUT2D eigenvalue weighted by Crippen LogP contribution is -2.25. The van der Waals surface area contributed by atoms with E-state index >= 15 is 0 Å². The van der Waals surface area contributed by atoms with Gasteiger partial charge in [-0.15, -0.1) is 0 Å². The third-order valence-electron chi connectivity index (χ3n) is 3.04. The summed E-state index contributed by atoms with van der Waals surface area (Å²) in [6.07, 6.45) is 0.536. The van der Waals surface area contributed by atoms with Gasteiger partial charge in [0.2, 0.25) is 0 Å². The van der Waals surface area contributed by atoms with E-state index in [9.17, 15) is 9.59 Å². The van der Waals surface area contributed by atoms with Crippen LogP contribution in [0.2, 0.25) is 10.0 Å². The summed E-state index contributed by atoms with van der Waals surface area (Å²) in [5.41, 5.74) is -0.0490. The molecule has 1 fully saturated rings. The maximum atomic E-state index is 12.2. The van der Waals surface area contributed by atoms with Crippen molar-refractivity contribution in [3.05, 3.63) is 33.8 Å². The Bertz CT molecular complexity index is 561. The second kappa shape index (κ2) is 5.38. The standard InChI is InChI=1S/C15H16Cl2O3/c1-15(2,3)20-14(19)10-7-9(10)13(18)8-4-5-11(16)12(17)6-8/h4-6,9-10H,7H2,1-3H3/t9-,10+/m0/s1. The highest BCUT2D eigenvalue weighted by molar-refractivity contribution is 6.42. The van der Waals surface area contributed by atoms with Crippen LogP contribution in [0.3, 0.4) is 0 Å². The number of halogens is 2. The smallest absolute Gasteiger partial charge is 0.310 e. The van der Waals surface area contributed by atoms with E-state index in [-0.39, 0.29) is 23.6 Å². The first kappa shape index (κ1) is 15.3. The monoisotopic (exact) mass is 314 g/mol. The van der Waals surface area contributed by atoms with E-state index < -0.39 is 5.60 Å². The molecular formula is C15H16Cl2O3. The van der Waals surface area contributed by atoms with E-state index in [0.29, 0.717) is 22.0 Å². The van der Waals surface area contributed by atoms with Crippen LogP contribution in [-0.4, -0.2) is 17.4 Å². The molecule has 20 heavy (non-hydrogen) atoms. The molecule has 0 N–H and O–H groups in total. The number of carbonyl (C=O) groups excluding carboxylic acids is 2. The Morgan fingerprint density at radius 1 is 1.15 bits per heavy atom. The summed E-state index contributed by atoms with van der Waals surface area (Å²) in [4.78, 5) is 24.1. The van der Waals surface area contributed by atoms with E-state index in [4.69, 9.17) is 27.9 Å². The summed E-state index contributed by atoms with van der Waals surface area (Å²) >= 11 is 11.7. The second-order valence-electron chi connectivity index (χ2n) is 5.98. The highest BCUT2D eigenvalue weighted by Gasteiger charge is 2.49. The Hall–Kier alpha value is -1.06. The summed E-state index contributed by atoms with van der Waals surface area (Å²) in [5.74, 6) is -1.03. The molecule has 108 valence electrons. The zero-order valence-corrected chi connectivity index (χ0v) is 13.1. The molecular weight excluding hydrogens is 299 g/mol. The lowest BCUT2D eigenvalue weighted by molar-refractivity contribution is -0.156. The quantitative estimate of drug-likeness (QED) is 0.621. The van der Waals surface area contributed by atoms with E-state index in [1.807, 2.05) is 20.8 Å². The lowest BCUT2D eigenvalue weighted by Gasteiger charge is -2.19. The summed E-state index contributed by atoms with van der Waals surface area (Å²) in [5, 5.41) is 0.745. The van der Waals surface area contributed by atoms with Crippen LogP contribution in [0.1, 0.15) is 37.6 Å². The number of carbonyl (C=O) groups is 2. The number of benzene rings is 1. The molecule has 1 aromatic carbocycles. The highest BCUT2D eigenvalue weighted by atomic mass is 35.5. The SMILES string of the molecule is CC(C)(C)OC(=O)[C@@H]1C[C@@H]1C(=O)c1ccc(Cl)c(Cl)c1. The number of esters is 1. The lowest BCUT2D eigenvalue weighted by atomic mass is 10.1. The third-order valence-corrected chi connectivity index (χ3v) is 3.78. The zero-order chi connectivity index (χ0) is 15.1. The molecule has 1 aliphatic carbocycles. The fraction of sp³-hybridized carbons (Fsp3) is 0.467. The number of hydrogen-bond acceptors (Lipinski definition) is 3. The number of rotatable bonds is 3. The van der Waals surface area contributed by atoms with Gasteiger partial charge in [-0.25, -0.2) is 0 Å². The van der Waals surface area contributed by atoms with Crippen molar-refractivity contribution in [3.8, 4) is 0 Å². The Kier molecular flexibility index (Phi) is 4.12. The van der Waals surface area contributed by atoms with Gasteiger partial charge in [0.25, 0.3) is 0 Å². The average Bonchev–Trinajstić information content (AvgIpc) is 3.09. The average molecular weight is 315 g/mol. The van der Waals surface area contributed by atoms with Crippen LogP contribution in [0.25, 0.3) is 0 Å². The van der Waals surface area contributed by atoms with Crippen LogP contribution < -0.4 is 0 Å².